The Balaban J connectivity index is 1.26. The highest BCUT2D eigenvalue weighted by Gasteiger charge is 2.33. The van der Waals surface area contributed by atoms with Gasteiger partial charge in [-0.05, 0) is 103 Å². The zero-order valence-electron chi connectivity index (χ0n) is 23.2. The van der Waals surface area contributed by atoms with Crippen LogP contribution in [0, 0.1) is 17.8 Å². The number of aryl methyl sites for hydroxylation is 1. The summed E-state index contributed by atoms with van der Waals surface area (Å²) in [6.07, 6.45) is 9.24. The van der Waals surface area contributed by atoms with E-state index in [-0.39, 0.29) is 17.5 Å². The lowest BCUT2D eigenvalue weighted by Gasteiger charge is -2.34. The molecule has 5 heteroatoms. The van der Waals surface area contributed by atoms with Crippen LogP contribution in [0.1, 0.15) is 103 Å². The molecule has 1 heterocycles. The van der Waals surface area contributed by atoms with E-state index >= 15 is 0 Å². The number of nitrogens with zero attached hydrogens (tertiary/aromatic N) is 1. The van der Waals surface area contributed by atoms with Crippen molar-refractivity contribution >= 4 is 22.7 Å². The molecule has 2 aliphatic rings. The summed E-state index contributed by atoms with van der Waals surface area (Å²) >= 11 is 0. The van der Waals surface area contributed by atoms with Crippen LogP contribution in [-0.4, -0.2) is 40.3 Å². The lowest BCUT2D eigenvalue weighted by molar-refractivity contribution is -0.124. The van der Waals surface area contributed by atoms with Gasteiger partial charge in [-0.15, -0.1) is 0 Å². The Kier molecular flexibility index (Phi) is 8.47. The normalized spacial score (nSPS) is 24.4. The third kappa shape index (κ3) is 6.15. The van der Waals surface area contributed by atoms with Gasteiger partial charge in [-0.25, -0.2) is 4.79 Å². The number of H-pyrrole nitrogens is 1. The molecule has 1 aromatic carbocycles. The molecule has 0 saturated heterocycles. The standard InChI is InChI=1S/C31H47N3O2/c1-6-24-22(16-18-26-25-10-8-9-11-27(25)32-29(24)26)17-19-28(35)23-14-12-21(13-15-23)20-34(7-2)30(36)33-31(3,4)5/h8-11,21-24,32H,6-7,12-20H2,1-5H3,(H,33,36). The van der Waals surface area contributed by atoms with E-state index in [0.717, 1.165) is 64.5 Å². The third-order valence-electron chi connectivity index (χ3n) is 8.68. The van der Waals surface area contributed by atoms with Crippen molar-refractivity contribution in [3.63, 3.8) is 0 Å². The van der Waals surface area contributed by atoms with Crippen molar-refractivity contribution in [3.8, 4) is 0 Å². The molecule has 2 N–H and O–H groups in total. The molecule has 1 fully saturated rings. The number of urea groups is 1. The molecule has 0 spiro atoms. The first-order valence-electron chi connectivity index (χ1n) is 14.4. The number of carbonyl (C=O) groups excluding carboxylic acids is 2. The average Bonchev–Trinajstić information content (AvgIpc) is 3.23. The fourth-order valence-electron chi connectivity index (χ4n) is 6.72. The van der Waals surface area contributed by atoms with Crippen LogP contribution in [0.4, 0.5) is 4.79 Å². The number of fused-ring (bicyclic) bond motifs is 3. The van der Waals surface area contributed by atoms with Crippen molar-refractivity contribution < 1.29 is 9.59 Å². The fraction of sp³-hybridized carbons (Fsp3) is 0.677. The van der Waals surface area contributed by atoms with Gasteiger partial charge in [-0.2, -0.15) is 0 Å². The van der Waals surface area contributed by atoms with Gasteiger partial charge in [-0.3, -0.25) is 4.79 Å². The lowest BCUT2D eigenvalue weighted by atomic mass is 9.73. The van der Waals surface area contributed by atoms with Gasteiger partial charge in [0.05, 0.1) is 0 Å². The van der Waals surface area contributed by atoms with Gasteiger partial charge in [0.15, 0.2) is 0 Å². The number of carbonyl (C=O) groups is 2. The van der Waals surface area contributed by atoms with Crippen molar-refractivity contribution in [1.82, 2.24) is 15.2 Å². The van der Waals surface area contributed by atoms with Gasteiger partial charge in [0.1, 0.15) is 5.78 Å². The van der Waals surface area contributed by atoms with Crippen molar-refractivity contribution in [2.24, 2.45) is 17.8 Å². The number of Topliss-reactive ketones (excluding diaryl/α,β-unsaturated/α-hetero) is 1. The summed E-state index contributed by atoms with van der Waals surface area (Å²) in [4.78, 5) is 31.5. The minimum Gasteiger partial charge on any atom is -0.358 e. The number of hydrogen-bond donors (Lipinski definition) is 2. The van der Waals surface area contributed by atoms with Crippen LogP contribution < -0.4 is 5.32 Å². The molecule has 198 valence electrons. The minimum atomic E-state index is -0.223. The van der Waals surface area contributed by atoms with Crippen molar-refractivity contribution in [1.29, 1.82) is 0 Å². The van der Waals surface area contributed by atoms with E-state index in [0.29, 0.717) is 23.5 Å². The molecule has 4 rings (SSSR count). The second-order valence-corrected chi connectivity index (χ2v) is 12.3. The van der Waals surface area contributed by atoms with E-state index in [2.05, 4.69) is 41.5 Å². The number of aromatic amines is 1. The zero-order chi connectivity index (χ0) is 25.9. The Morgan fingerprint density at radius 1 is 1.06 bits per heavy atom. The molecule has 0 radical (unpaired) electrons. The van der Waals surface area contributed by atoms with E-state index in [4.69, 9.17) is 0 Å². The van der Waals surface area contributed by atoms with Crippen LogP contribution in [-0.2, 0) is 11.2 Å². The molecule has 1 saturated carbocycles. The maximum atomic E-state index is 13.2. The Morgan fingerprint density at radius 3 is 2.44 bits per heavy atom. The third-order valence-corrected chi connectivity index (χ3v) is 8.68. The maximum Gasteiger partial charge on any atom is 0.317 e. The summed E-state index contributed by atoms with van der Waals surface area (Å²) in [7, 11) is 0. The highest BCUT2D eigenvalue weighted by molar-refractivity contribution is 5.85. The van der Waals surface area contributed by atoms with Gasteiger partial charge >= 0.3 is 6.03 Å². The van der Waals surface area contributed by atoms with E-state index in [9.17, 15) is 9.59 Å². The molecule has 2 atom stereocenters. The Labute approximate surface area is 217 Å². The van der Waals surface area contributed by atoms with Crippen LogP contribution in [0.25, 0.3) is 10.9 Å². The van der Waals surface area contributed by atoms with Gasteiger partial charge in [0.25, 0.3) is 0 Å². The van der Waals surface area contributed by atoms with E-state index in [1.807, 2.05) is 32.6 Å². The molecule has 36 heavy (non-hydrogen) atoms. The van der Waals surface area contributed by atoms with Gasteiger partial charge in [0, 0.05) is 53.5 Å². The molecule has 2 amide bonds. The number of ketones is 1. The van der Waals surface area contributed by atoms with Crippen LogP contribution in [0.3, 0.4) is 0 Å². The van der Waals surface area contributed by atoms with E-state index < -0.39 is 0 Å². The minimum absolute atomic E-state index is 0.0271. The SMILES string of the molecule is CCC1c2[nH]c3ccccc3c2CCC1CCC(=O)C1CCC(CN(CC)C(=O)NC(C)(C)C)CC1. The summed E-state index contributed by atoms with van der Waals surface area (Å²) in [6, 6.07) is 8.70. The van der Waals surface area contributed by atoms with Crippen molar-refractivity contribution in [2.75, 3.05) is 13.1 Å². The number of hydrogen-bond acceptors (Lipinski definition) is 2. The number of benzene rings is 1. The number of rotatable bonds is 8. The molecule has 2 aromatic rings. The second-order valence-electron chi connectivity index (χ2n) is 12.3. The molecule has 5 nitrogen and oxygen atoms in total. The summed E-state index contributed by atoms with van der Waals surface area (Å²) < 4.78 is 0. The Morgan fingerprint density at radius 2 is 1.78 bits per heavy atom. The number of para-hydroxylation sites is 1. The highest BCUT2D eigenvalue weighted by Crippen LogP contribution is 2.43. The quantitative estimate of drug-likeness (QED) is 0.408. The van der Waals surface area contributed by atoms with E-state index in [1.54, 1.807) is 0 Å². The van der Waals surface area contributed by atoms with Crippen LogP contribution >= 0.6 is 0 Å². The first-order valence-corrected chi connectivity index (χ1v) is 14.4. The molecule has 2 unspecified atom stereocenters. The number of aromatic nitrogens is 1. The van der Waals surface area contributed by atoms with E-state index in [1.165, 1.54) is 28.6 Å². The smallest absolute Gasteiger partial charge is 0.317 e. The predicted octanol–water partition coefficient (Wildman–Crippen LogP) is 7.21. The monoisotopic (exact) mass is 493 g/mol. The summed E-state index contributed by atoms with van der Waals surface area (Å²) in [5.74, 6) is 2.32. The molecular weight excluding hydrogens is 446 g/mol. The first kappa shape index (κ1) is 26.8. The summed E-state index contributed by atoms with van der Waals surface area (Å²) in [5.41, 5.74) is 3.97. The summed E-state index contributed by atoms with van der Waals surface area (Å²) in [6.45, 7) is 11.9. The molecule has 2 aliphatic carbocycles. The molecular formula is C31H47N3O2. The van der Waals surface area contributed by atoms with Gasteiger partial charge < -0.3 is 15.2 Å². The number of amides is 2. The largest absolute Gasteiger partial charge is 0.358 e. The summed E-state index contributed by atoms with van der Waals surface area (Å²) in [5, 5.41) is 4.47. The molecule has 0 aliphatic heterocycles. The number of nitrogens with one attached hydrogen (secondary N) is 2. The highest BCUT2D eigenvalue weighted by atomic mass is 16.2. The Bertz CT molecular complexity index is 1040. The zero-order valence-corrected chi connectivity index (χ0v) is 23.2. The Hall–Kier alpha value is -2.30. The maximum absolute atomic E-state index is 13.2. The lowest BCUT2D eigenvalue weighted by Crippen LogP contribution is -2.49. The topological polar surface area (TPSA) is 65.2 Å². The average molecular weight is 494 g/mol. The molecule has 1 aromatic heterocycles. The molecule has 0 bridgehead atoms. The van der Waals surface area contributed by atoms with Crippen LogP contribution in [0.15, 0.2) is 24.3 Å². The fourth-order valence-corrected chi connectivity index (χ4v) is 6.72. The van der Waals surface area contributed by atoms with Crippen molar-refractivity contribution in [3.05, 3.63) is 35.5 Å². The first-order chi connectivity index (χ1) is 17.2. The van der Waals surface area contributed by atoms with Crippen LogP contribution in [0.5, 0.6) is 0 Å². The van der Waals surface area contributed by atoms with Crippen LogP contribution in [0.2, 0.25) is 0 Å². The van der Waals surface area contributed by atoms with Gasteiger partial charge in [0.2, 0.25) is 0 Å². The second kappa shape index (κ2) is 11.4. The predicted molar refractivity (Wildman–Crippen MR) is 148 cm³/mol. The van der Waals surface area contributed by atoms with Gasteiger partial charge in [-0.1, -0.05) is 25.1 Å². The van der Waals surface area contributed by atoms with Crippen molar-refractivity contribution in [2.45, 2.75) is 104 Å².